The largest absolute Gasteiger partial charge is 0.463 e. The number of amides is 1. The van der Waals surface area contributed by atoms with Crippen molar-refractivity contribution in [2.24, 2.45) is 0 Å². The van der Waals surface area contributed by atoms with E-state index in [0.29, 0.717) is 11.5 Å². The Balaban J connectivity index is 3.68. The van der Waals surface area contributed by atoms with Crippen LogP contribution in [0.3, 0.4) is 0 Å². The van der Waals surface area contributed by atoms with Crippen LogP contribution < -0.4 is 0 Å². The summed E-state index contributed by atoms with van der Waals surface area (Å²) in [5, 5.41) is 9.21. The van der Waals surface area contributed by atoms with Gasteiger partial charge in [-0.3, -0.25) is 0 Å². The van der Waals surface area contributed by atoms with Gasteiger partial charge in [-0.1, -0.05) is 6.92 Å². The van der Waals surface area contributed by atoms with E-state index in [1.807, 2.05) is 0 Å². The molecular formula is C5H9NO3S. The summed E-state index contributed by atoms with van der Waals surface area (Å²) < 4.78 is 0. The van der Waals surface area contributed by atoms with Crippen LogP contribution in [0, 0.1) is 0 Å². The van der Waals surface area contributed by atoms with Gasteiger partial charge in [0.2, 0.25) is 0 Å². The fourth-order valence-electron chi connectivity index (χ4n) is 0.256. The summed E-state index contributed by atoms with van der Waals surface area (Å²) >= 11 is 4.62. The molecule has 4 nitrogen and oxygen atoms in total. The molecule has 0 aromatic heterocycles. The van der Waals surface area contributed by atoms with Crippen molar-refractivity contribution >= 4 is 23.4 Å². The van der Waals surface area contributed by atoms with Gasteiger partial charge < -0.3 is 9.94 Å². The van der Waals surface area contributed by atoms with E-state index in [1.54, 1.807) is 6.92 Å². The number of hydrogen-bond donors (Lipinski definition) is 1. The van der Waals surface area contributed by atoms with Gasteiger partial charge in [0.15, 0.2) is 5.05 Å². The van der Waals surface area contributed by atoms with Crippen LogP contribution in [0.15, 0.2) is 0 Å². The average Bonchev–Trinajstić information content (AvgIpc) is 1.87. The Morgan fingerprint density at radius 3 is 2.60 bits per heavy atom. The van der Waals surface area contributed by atoms with E-state index in [2.05, 4.69) is 17.1 Å². The summed E-state index contributed by atoms with van der Waals surface area (Å²) in [6.45, 7) is 1.79. The second kappa shape index (κ2) is 4.05. The van der Waals surface area contributed by atoms with E-state index in [0.717, 1.165) is 0 Å². The van der Waals surface area contributed by atoms with Crippen LogP contribution in [0.4, 0.5) is 4.79 Å². The number of thiocarbonyl (C=S) groups is 1. The van der Waals surface area contributed by atoms with E-state index >= 15 is 0 Å². The Bertz CT molecular complexity index is 148. The maximum Gasteiger partial charge on any atom is 0.440 e. The standard InChI is InChI=1S/C5H9NO3S/c1-3-4(10)9-6(2)5(7)8/h3H2,1-2H3,(H,7,8). The molecule has 1 amide bonds. The second-order valence-corrected chi connectivity index (χ2v) is 2.05. The lowest BCUT2D eigenvalue weighted by atomic mass is 10.5. The topological polar surface area (TPSA) is 49.8 Å². The number of carbonyl (C=O) groups is 1. The van der Waals surface area contributed by atoms with Gasteiger partial charge in [-0.2, -0.15) is 0 Å². The molecule has 5 heteroatoms. The van der Waals surface area contributed by atoms with Gasteiger partial charge >= 0.3 is 6.09 Å². The first-order valence-corrected chi connectivity index (χ1v) is 3.16. The number of hydroxylamine groups is 2. The lowest BCUT2D eigenvalue weighted by Crippen LogP contribution is -2.27. The quantitative estimate of drug-likeness (QED) is 0.467. The Labute approximate surface area is 64.3 Å². The molecule has 58 valence electrons. The molecule has 0 aliphatic carbocycles. The summed E-state index contributed by atoms with van der Waals surface area (Å²) in [4.78, 5) is 14.7. The maximum absolute atomic E-state index is 10.1. The first kappa shape index (κ1) is 9.16. The third-order valence-corrected chi connectivity index (χ3v) is 1.16. The predicted octanol–water partition coefficient (Wildman–Crippen LogP) is 1.27. The highest BCUT2D eigenvalue weighted by atomic mass is 32.1. The highest BCUT2D eigenvalue weighted by Crippen LogP contribution is 1.92. The molecule has 0 spiro atoms. The van der Waals surface area contributed by atoms with Gasteiger partial charge in [0.05, 0.1) is 7.05 Å². The predicted molar refractivity (Wildman–Crippen MR) is 39.8 cm³/mol. The zero-order chi connectivity index (χ0) is 8.15. The fourth-order valence-corrected chi connectivity index (χ4v) is 0.368. The second-order valence-electron chi connectivity index (χ2n) is 1.60. The molecule has 0 bridgehead atoms. The van der Waals surface area contributed by atoms with Gasteiger partial charge in [-0.25, -0.2) is 4.79 Å². The first-order valence-electron chi connectivity index (χ1n) is 2.75. The van der Waals surface area contributed by atoms with Gasteiger partial charge in [-0.15, -0.1) is 5.06 Å². The van der Waals surface area contributed by atoms with Crippen molar-refractivity contribution in [3.8, 4) is 0 Å². The lowest BCUT2D eigenvalue weighted by molar-refractivity contribution is -0.0245. The molecule has 0 aliphatic rings. The Kier molecular flexibility index (Phi) is 3.71. The molecule has 0 aliphatic heterocycles. The van der Waals surface area contributed by atoms with Crippen LogP contribution in [0.5, 0.6) is 0 Å². The van der Waals surface area contributed by atoms with Gasteiger partial charge in [0, 0.05) is 6.42 Å². The van der Waals surface area contributed by atoms with Crippen LogP contribution in [0.2, 0.25) is 0 Å². The van der Waals surface area contributed by atoms with Crippen molar-refractivity contribution in [3.05, 3.63) is 0 Å². The van der Waals surface area contributed by atoms with Crippen LogP contribution in [-0.2, 0) is 4.84 Å². The zero-order valence-corrected chi connectivity index (χ0v) is 6.64. The zero-order valence-electron chi connectivity index (χ0n) is 5.83. The number of carboxylic acid groups (broad SMARTS) is 1. The molecule has 0 unspecified atom stereocenters. The maximum atomic E-state index is 10.1. The average molecular weight is 163 g/mol. The molecule has 10 heavy (non-hydrogen) atoms. The number of nitrogens with zero attached hydrogens (tertiary/aromatic N) is 1. The SMILES string of the molecule is CCC(=S)ON(C)C(=O)O. The van der Waals surface area contributed by atoms with Crippen molar-refractivity contribution in [1.29, 1.82) is 0 Å². The summed E-state index contributed by atoms with van der Waals surface area (Å²) in [7, 11) is 1.28. The van der Waals surface area contributed by atoms with Crippen LogP contribution in [0.1, 0.15) is 13.3 Å². The van der Waals surface area contributed by atoms with Crippen molar-refractivity contribution in [3.63, 3.8) is 0 Å². The smallest absolute Gasteiger partial charge is 0.440 e. The molecule has 0 heterocycles. The Morgan fingerprint density at radius 2 is 2.30 bits per heavy atom. The number of hydrogen-bond acceptors (Lipinski definition) is 3. The van der Waals surface area contributed by atoms with Gasteiger partial charge in [0.25, 0.3) is 0 Å². The van der Waals surface area contributed by atoms with Crippen molar-refractivity contribution in [2.75, 3.05) is 7.05 Å². The van der Waals surface area contributed by atoms with Crippen LogP contribution >= 0.6 is 12.2 Å². The van der Waals surface area contributed by atoms with Crippen molar-refractivity contribution in [1.82, 2.24) is 5.06 Å². The molecule has 0 atom stereocenters. The van der Waals surface area contributed by atoms with Crippen LogP contribution in [0.25, 0.3) is 0 Å². The third kappa shape index (κ3) is 3.24. The Morgan fingerprint density at radius 1 is 1.80 bits per heavy atom. The monoisotopic (exact) mass is 163 g/mol. The molecule has 0 aromatic rings. The number of rotatable bonds is 1. The highest BCUT2D eigenvalue weighted by Gasteiger charge is 2.06. The molecule has 0 saturated carbocycles. The minimum Gasteiger partial charge on any atom is -0.463 e. The van der Waals surface area contributed by atoms with Gasteiger partial charge in [0.1, 0.15) is 0 Å². The molecule has 0 rings (SSSR count). The summed E-state index contributed by atoms with van der Waals surface area (Å²) in [6, 6.07) is 0. The molecule has 0 radical (unpaired) electrons. The minimum absolute atomic E-state index is 0.268. The first-order chi connectivity index (χ1) is 4.57. The van der Waals surface area contributed by atoms with Crippen molar-refractivity contribution in [2.45, 2.75) is 13.3 Å². The van der Waals surface area contributed by atoms with Crippen molar-refractivity contribution < 1.29 is 14.7 Å². The molecule has 1 N–H and O–H groups in total. The summed E-state index contributed by atoms with van der Waals surface area (Å²) in [5.41, 5.74) is 0. The van der Waals surface area contributed by atoms with E-state index in [4.69, 9.17) is 5.11 Å². The van der Waals surface area contributed by atoms with E-state index in [1.165, 1.54) is 7.05 Å². The Hall–Kier alpha value is -0.840. The summed E-state index contributed by atoms with van der Waals surface area (Å²) in [6.07, 6.45) is -0.622. The molecule has 0 fully saturated rings. The third-order valence-electron chi connectivity index (χ3n) is 0.797. The minimum atomic E-state index is -1.16. The van der Waals surface area contributed by atoms with E-state index < -0.39 is 6.09 Å². The van der Waals surface area contributed by atoms with Gasteiger partial charge in [-0.05, 0) is 12.2 Å². The van der Waals surface area contributed by atoms with Crippen LogP contribution in [-0.4, -0.2) is 28.4 Å². The summed E-state index contributed by atoms with van der Waals surface area (Å²) in [5.74, 6) is 0. The molecular weight excluding hydrogens is 154 g/mol. The highest BCUT2D eigenvalue weighted by molar-refractivity contribution is 7.80. The van der Waals surface area contributed by atoms with E-state index in [9.17, 15) is 4.79 Å². The molecule has 0 saturated heterocycles. The fraction of sp³-hybridized carbons (Fsp3) is 0.600. The van der Waals surface area contributed by atoms with E-state index in [-0.39, 0.29) is 5.05 Å². The lowest BCUT2D eigenvalue weighted by Gasteiger charge is -2.12. The normalized spacial score (nSPS) is 8.60. The molecule has 0 aromatic carbocycles.